The van der Waals surface area contributed by atoms with Gasteiger partial charge in [0.2, 0.25) is 0 Å². The zero-order valence-corrected chi connectivity index (χ0v) is 10.8. The van der Waals surface area contributed by atoms with Gasteiger partial charge in [0.05, 0.1) is 13.2 Å². The number of aliphatic hydroxyl groups excluding tert-OH is 1. The second-order valence-electron chi connectivity index (χ2n) is 4.94. The molecule has 0 bridgehead atoms. The average molecular weight is 248 g/mol. The summed E-state index contributed by atoms with van der Waals surface area (Å²) in [5.41, 5.74) is 0.827. The van der Waals surface area contributed by atoms with Gasteiger partial charge in [-0.3, -0.25) is 4.79 Å². The first-order valence-corrected chi connectivity index (χ1v) is 6.55. The lowest BCUT2D eigenvalue weighted by atomic mass is 9.83. The van der Waals surface area contributed by atoms with Gasteiger partial charge in [0.15, 0.2) is 0 Å². The number of aliphatic hydroxyl groups is 1. The second kappa shape index (κ2) is 6.01. The van der Waals surface area contributed by atoms with E-state index in [0.717, 1.165) is 30.6 Å². The average Bonchev–Trinajstić information content (AvgIpc) is 2.41. The third kappa shape index (κ3) is 3.10. The Morgan fingerprint density at radius 3 is 3.00 bits per heavy atom. The number of methoxy groups -OCH3 is 1. The van der Waals surface area contributed by atoms with Crippen molar-refractivity contribution in [2.24, 2.45) is 5.92 Å². The Labute approximate surface area is 108 Å². The van der Waals surface area contributed by atoms with Crippen LogP contribution < -0.4 is 4.74 Å². The minimum Gasteiger partial charge on any atom is -0.497 e. The molecule has 2 atom stereocenters. The molecule has 0 aliphatic heterocycles. The molecule has 0 heterocycles. The monoisotopic (exact) mass is 248 g/mol. The molecule has 2 unspecified atom stereocenters. The first-order chi connectivity index (χ1) is 8.70. The van der Waals surface area contributed by atoms with E-state index in [2.05, 4.69) is 0 Å². The van der Waals surface area contributed by atoms with Crippen molar-refractivity contribution in [3.05, 3.63) is 29.8 Å². The van der Waals surface area contributed by atoms with Crippen LogP contribution in [0.2, 0.25) is 0 Å². The van der Waals surface area contributed by atoms with Gasteiger partial charge < -0.3 is 9.84 Å². The maximum atomic E-state index is 11.7. The fraction of sp³-hybridized carbons (Fsp3) is 0.533. The van der Waals surface area contributed by atoms with Crippen molar-refractivity contribution in [3.63, 3.8) is 0 Å². The normalized spacial score (nSPS) is 21.7. The third-order valence-electron chi connectivity index (χ3n) is 3.67. The predicted octanol–water partition coefficient (Wildman–Crippen LogP) is 2.88. The Balaban J connectivity index is 2.01. The maximum Gasteiger partial charge on any atom is 0.136 e. The van der Waals surface area contributed by atoms with Gasteiger partial charge >= 0.3 is 0 Å². The van der Waals surface area contributed by atoms with Crippen LogP contribution in [0.1, 0.15) is 43.8 Å². The topological polar surface area (TPSA) is 46.5 Å². The van der Waals surface area contributed by atoms with Gasteiger partial charge in [-0.25, -0.2) is 0 Å². The van der Waals surface area contributed by atoms with E-state index in [4.69, 9.17) is 4.74 Å². The fourth-order valence-corrected chi connectivity index (χ4v) is 2.56. The van der Waals surface area contributed by atoms with E-state index in [0.29, 0.717) is 18.6 Å². The van der Waals surface area contributed by atoms with Gasteiger partial charge in [-0.2, -0.15) is 0 Å². The lowest BCUT2D eigenvalue weighted by molar-refractivity contribution is -0.125. The smallest absolute Gasteiger partial charge is 0.136 e. The Bertz CT molecular complexity index is 414. The van der Waals surface area contributed by atoms with E-state index >= 15 is 0 Å². The van der Waals surface area contributed by atoms with Crippen molar-refractivity contribution in [1.29, 1.82) is 0 Å². The molecule has 1 aliphatic rings. The maximum absolute atomic E-state index is 11.7. The summed E-state index contributed by atoms with van der Waals surface area (Å²) < 4.78 is 5.14. The lowest BCUT2D eigenvalue weighted by Crippen LogP contribution is -2.21. The molecule has 0 radical (unpaired) electrons. The largest absolute Gasteiger partial charge is 0.497 e. The van der Waals surface area contributed by atoms with Gasteiger partial charge in [0.25, 0.3) is 0 Å². The van der Waals surface area contributed by atoms with Gasteiger partial charge in [0, 0.05) is 12.3 Å². The summed E-state index contributed by atoms with van der Waals surface area (Å²) >= 11 is 0. The number of hydrogen-bond donors (Lipinski definition) is 1. The standard InChI is InChI=1S/C15H20O3/c1-18-13-7-4-6-11(9-13)15(17)10-12-5-2-3-8-14(12)16/h4,6-7,9,12,15,17H,2-3,5,8,10H2,1H3. The molecule has 3 heteroatoms. The highest BCUT2D eigenvalue weighted by atomic mass is 16.5. The van der Waals surface area contributed by atoms with Crippen molar-refractivity contribution in [2.75, 3.05) is 7.11 Å². The van der Waals surface area contributed by atoms with Crippen molar-refractivity contribution < 1.29 is 14.6 Å². The lowest BCUT2D eigenvalue weighted by Gasteiger charge is -2.23. The van der Waals surface area contributed by atoms with Crippen LogP contribution in [-0.2, 0) is 4.79 Å². The van der Waals surface area contributed by atoms with Crippen molar-refractivity contribution in [2.45, 2.75) is 38.2 Å². The second-order valence-corrected chi connectivity index (χ2v) is 4.94. The Kier molecular flexibility index (Phi) is 4.37. The molecule has 0 aromatic heterocycles. The zero-order valence-electron chi connectivity index (χ0n) is 10.8. The number of ether oxygens (including phenoxy) is 1. The van der Waals surface area contributed by atoms with Crippen LogP contribution in [0.4, 0.5) is 0 Å². The Morgan fingerprint density at radius 2 is 2.28 bits per heavy atom. The highest BCUT2D eigenvalue weighted by Gasteiger charge is 2.25. The number of carbonyl (C=O) groups excluding carboxylic acids is 1. The van der Waals surface area contributed by atoms with E-state index in [9.17, 15) is 9.90 Å². The zero-order chi connectivity index (χ0) is 13.0. The van der Waals surface area contributed by atoms with E-state index in [1.54, 1.807) is 7.11 Å². The summed E-state index contributed by atoms with van der Waals surface area (Å²) in [6, 6.07) is 7.42. The quantitative estimate of drug-likeness (QED) is 0.891. The van der Waals surface area contributed by atoms with Gasteiger partial charge in [-0.15, -0.1) is 0 Å². The molecule has 1 fully saturated rings. The first-order valence-electron chi connectivity index (χ1n) is 6.55. The molecule has 1 aliphatic carbocycles. The number of rotatable bonds is 4. The van der Waals surface area contributed by atoms with Crippen LogP contribution in [-0.4, -0.2) is 18.0 Å². The molecule has 1 aromatic rings. The fourth-order valence-electron chi connectivity index (χ4n) is 2.56. The van der Waals surface area contributed by atoms with Crippen LogP contribution in [0.3, 0.4) is 0 Å². The van der Waals surface area contributed by atoms with Crippen molar-refractivity contribution in [1.82, 2.24) is 0 Å². The number of Topliss-reactive ketones (excluding diaryl/α,β-unsaturated/α-hetero) is 1. The van der Waals surface area contributed by atoms with Gasteiger partial charge in [-0.1, -0.05) is 18.6 Å². The molecule has 0 saturated heterocycles. The molecule has 1 aromatic carbocycles. The summed E-state index contributed by atoms with van der Waals surface area (Å²) in [4.78, 5) is 11.7. The Morgan fingerprint density at radius 1 is 1.44 bits per heavy atom. The van der Waals surface area contributed by atoms with Gasteiger partial charge in [-0.05, 0) is 37.0 Å². The number of ketones is 1. The molecule has 1 saturated carbocycles. The summed E-state index contributed by atoms with van der Waals surface area (Å²) in [6.07, 6.45) is 3.65. The molecule has 0 spiro atoms. The van der Waals surface area contributed by atoms with Crippen LogP contribution in [0.25, 0.3) is 0 Å². The predicted molar refractivity (Wildman–Crippen MR) is 69.5 cm³/mol. The molecule has 3 nitrogen and oxygen atoms in total. The van der Waals surface area contributed by atoms with Crippen LogP contribution in [0, 0.1) is 5.92 Å². The molecule has 0 amide bonds. The minimum absolute atomic E-state index is 0.0277. The Hall–Kier alpha value is -1.35. The molecule has 1 N–H and O–H groups in total. The molecular weight excluding hydrogens is 228 g/mol. The molecule has 2 rings (SSSR count). The highest BCUT2D eigenvalue weighted by molar-refractivity contribution is 5.81. The molecule has 98 valence electrons. The minimum atomic E-state index is -0.577. The summed E-state index contributed by atoms with van der Waals surface area (Å²) in [5.74, 6) is 1.07. The van der Waals surface area contributed by atoms with Crippen LogP contribution in [0.5, 0.6) is 5.75 Å². The number of hydrogen-bond acceptors (Lipinski definition) is 3. The van der Waals surface area contributed by atoms with E-state index in [1.165, 1.54) is 0 Å². The summed E-state index contributed by atoms with van der Waals surface area (Å²) in [5, 5.41) is 10.2. The van der Waals surface area contributed by atoms with Gasteiger partial charge in [0.1, 0.15) is 11.5 Å². The molecular formula is C15H20O3. The number of benzene rings is 1. The van der Waals surface area contributed by atoms with E-state index < -0.39 is 6.10 Å². The van der Waals surface area contributed by atoms with E-state index in [1.807, 2.05) is 24.3 Å². The van der Waals surface area contributed by atoms with E-state index in [-0.39, 0.29) is 5.92 Å². The highest BCUT2D eigenvalue weighted by Crippen LogP contribution is 2.30. The SMILES string of the molecule is COc1cccc(C(O)CC2CCCCC2=O)c1. The molecule has 18 heavy (non-hydrogen) atoms. The summed E-state index contributed by atoms with van der Waals surface area (Å²) in [7, 11) is 1.61. The third-order valence-corrected chi connectivity index (χ3v) is 3.67. The number of carbonyl (C=O) groups is 1. The van der Waals surface area contributed by atoms with Crippen LogP contribution in [0.15, 0.2) is 24.3 Å². The summed E-state index contributed by atoms with van der Waals surface area (Å²) in [6.45, 7) is 0. The van der Waals surface area contributed by atoms with Crippen molar-refractivity contribution in [3.8, 4) is 5.75 Å². The van der Waals surface area contributed by atoms with Crippen LogP contribution >= 0.6 is 0 Å². The first kappa shape index (κ1) is 13.1. The van der Waals surface area contributed by atoms with Crippen molar-refractivity contribution >= 4 is 5.78 Å².